The lowest BCUT2D eigenvalue weighted by Crippen LogP contribution is -2.33. The highest BCUT2D eigenvalue weighted by atomic mass is 35.5. The van der Waals surface area contributed by atoms with E-state index in [9.17, 15) is 36.7 Å². The van der Waals surface area contributed by atoms with Crippen molar-refractivity contribution in [3.8, 4) is 11.5 Å². The van der Waals surface area contributed by atoms with Crippen LogP contribution in [0.1, 0.15) is 68.2 Å². The lowest BCUT2D eigenvalue weighted by atomic mass is 9.97. The lowest BCUT2D eigenvalue weighted by molar-refractivity contribution is 0.101. The van der Waals surface area contributed by atoms with Crippen LogP contribution < -0.4 is 31.2 Å². The molecule has 23 heteroatoms. The van der Waals surface area contributed by atoms with Gasteiger partial charge < -0.3 is 49.7 Å². The number of carbonyl (C=O) groups excluding carboxylic acids is 4. The summed E-state index contributed by atoms with van der Waals surface area (Å²) in [5.41, 5.74) is 9.19. The highest BCUT2D eigenvalue weighted by molar-refractivity contribution is 6.07. The number of hydrogen-bond donors (Lipinski definition) is 4. The maximum Gasteiger partial charge on any atom is 0.419 e. The van der Waals surface area contributed by atoms with E-state index in [0.717, 1.165) is 29.8 Å². The molecule has 0 bridgehead atoms. The first kappa shape index (κ1) is 49.2. The van der Waals surface area contributed by atoms with Crippen molar-refractivity contribution in [1.29, 1.82) is 0 Å². The van der Waals surface area contributed by atoms with Crippen LogP contribution in [-0.2, 0) is 22.7 Å². The van der Waals surface area contributed by atoms with Crippen molar-refractivity contribution in [3.05, 3.63) is 173 Å². The molecule has 3 aromatic heterocycles. The van der Waals surface area contributed by atoms with Gasteiger partial charge in [0.1, 0.15) is 55.0 Å². The quantitative estimate of drug-likeness (QED) is 0.0994. The molecule has 0 unspecified atom stereocenters. The van der Waals surface area contributed by atoms with Gasteiger partial charge in [-0.1, -0.05) is 34.6 Å². The van der Waals surface area contributed by atoms with Gasteiger partial charge in [-0.15, -0.1) is 12.4 Å². The molecule has 0 aliphatic carbocycles. The number of alkyl carbamates (subject to hydrolysis) is 1. The van der Waals surface area contributed by atoms with Crippen molar-refractivity contribution < 1.29 is 64.7 Å². The van der Waals surface area contributed by atoms with E-state index >= 15 is 0 Å². The molecule has 68 heavy (non-hydrogen) atoms. The number of benzene rings is 4. The summed E-state index contributed by atoms with van der Waals surface area (Å²) in [5.74, 6) is -4.35. The summed E-state index contributed by atoms with van der Waals surface area (Å²) in [6.07, 6.45) is 7.16. The number of nitrogens with zero attached hydrogens (tertiary/aromatic N) is 4. The van der Waals surface area contributed by atoms with Gasteiger partial charge in [0.05, 0.1) is 30.4 Å². The first-order chi connectivity index (χ1) is 32.4. The Morgan fingerprint density at radius 2 is 1.24 bits per heavy atom. The number of ether oxygens (including phenoxy) is 4. The summed E-state index contributed by atoms with van der Waals surface area (Å²) < 4.78 is 84.4. The second-order valence-electron chi connectivity index (χ2n) is 14.3. The zero-order valence-corrected chi connectivity index (χ0v) is 36.1. The summed E-state index contributed by atoms with van der Waals surface area (Å²) in [4.78, 5) is 52.2. The Labute approximate surface area is 389 Å². The van der Waals surface area contributed by atoms with E-state index in [1.54, 1.807) is 42.5 Å². The van der Waals surface area contributed by atoms with Gasteiger partial charge in [0, 0.05) is 78.0 Å². The van der Waals surface area contributed by atoms with E-state index in [4.69, 9.17) is 24.7 Å². The fourth-order valence-electron chi connectivity index (χ4n) is 6.45. The van der Waals surface area contributed by atoms with Crippen LogP contribution in [0.25, 0.3) is 0 Å². The number of amides is 3. The van der Waals surface area contributed by atoms with E-state index in [1.165, 1.54) is 47.9 Å². The Hall–Kier alpha value is -8.24. The third-order valence-electron chi connectivity index (χ3n) is 9.72. The van der Waals surface area contributed by atoms with Crippen molar-refractivity contribution in [1.82, 2.24) is 25.2 Å². The smallest absolute Gasteiger partial charge is 0.419 e. The molecule has 4 aromatic carbocycles. The average Bonchev–Trinajstić information content (AvgIpc) is 4.17. The van der Waals surface area contributed by atoms with Crippen molar-refractivity contribution in [3.63, 3.8) is 0 Å². The second kappa shape index (κ2) is 23.3. The molecular weight excluding hydrogens is 924 g/mol. The Morgan fingerprint density at radius 1 is 0.691 bits per heavy atom. The monoisotopic (exact) mass is 962 g/mol. The Morgan fingerprint density at radius 3 is 1.76 bits per heavy atom. The van der Waals surface area contributed by atoms with Gasteiger partial charge in [0.2, 0.25) is 0 Å². The number of carbonyl (C=O) groups is 4. The number of para-hydroxylation sites is 2. The minimum Gasteiger partial charge on any atom is -0.492 e. The maximum atomic E-state index is 13.4. The van der Waals surface area contributed by atoms with Gasteiger partial charge in [0.25, 0.3) is 11.8 Å². The molecule has 0 saturated carbocycles. The standard InChI is InChI=1S/C21H17F2N3O5.C16H14F2N2O2.C8H7N3O3.ClH/c22-16-5-4-12(10-17(16)23)24-20(27)15-3-1-2-14-18(7-8-29-19(14)15)25-21(28)30-11-13-6-9-31-26-13;17-12-5-4-9(8-13(12)18)20-16(21)11-3-1-2-10-14(19)6-7-22-15(10)11;12-8(11-3-2-9-6-11)13-5-7-1-4-14-10-7;/h1-6,9-10,18H,7-8,11H2,(H,24,27)(H,25,28);1-5,8,14H,6-7,19H2,(H,20,21);1-4,6H,5H2;1H/t18-;14-;;/m00../s1. The van der Waals surface area contributed by atoms with E-state index < -0.39 is 53.3 Å². The third kappa shape index (κ3) is 12.8. The summed E-state index contributed by atoms with van der Waals surface area (Å²) >= 11 is 0. The predicted octanol–water partition coefficient (Wildman–Crippen LogP) is 8.43. The second-order valence-corrected chi connectivity index (χ2v) is 14.3. The topological polar surface area (TPSA) is 237 Å². The SMILES string of the molecule is Cl.N[C@H]1CCOc2c(C(=O)Nc3ccc(F)c(F)c3)cccc21.O=C(N[C@H]1CCOc2c(C(=O)Nc3ccc(F)c(F)c3)cccc21)OCc1ccon1.O=C(OCc1ccon1)n1ccnc1. The summed E-state index contributed by atoms with van der Waals surface area (Å²) in [6.45, 7) is 0.739. The van der Waals surface area contributed by atoms with Gasteiger partial charge in [0.15, 0.2) is 23.3 Å². The fraction of sp³-hybridized carbons (Fsp3) is 0.178. The number of rotatable bonds is 9. The van der Waals surface area contributed by atoms with Crippen molar-refractivity contribution >= 4 is 47.8 Å². The summed E-state index contributed by atoms with van der Waals surface area (Å²) in [6, 6.07) is 18.9. The molecule has 7 aromatic rings. The van der Waals surface area contributed by atoms with E-state index in [2.05, 4.69) is 40.3 Å². The largest absolute Gasteiger partial charge is 0.492 e. The number of hydrogen-bond acceptors (Lipinski definition) is 14. The first-order valence-corrected chi connectivity index (χ1v) is 20.1. The van der Waals surface area contributed by atoms with Crippen LogP contribution in [0.15, 0.2) is 125 Å². The number of imidazole rings is 1. The minimum atomic E-state index is -1.07. The lowest BCUT2D eigenvalue weighted by Gasteiger charge is -2.27. The molecule has 2 aliphatic rings. The first-order valence-electron chi connectivity index (χ1n) is 20.1. The number of fused-ring (bicyclic) bond motifs is 2. The van der Waals surface area contributed by atoms with Gasteiger partial charge in [-0.25, -0.2) is 36.7 Å². The van der Waals surface area contributed by atoms with Crippen LogP contribution in [-0.4, -0.2) is 57.1 Å². The summed E-state index contributed by atoms with van der Waals surface area (Å²) in [5, 5.41) is 15.0. The third-order valence-corrected chi connectivity index (χ3v) is 9.72. The normalized spacial score (nSPS) is 14.2. The van der Waals surface area contributed by atoms with Gasteiger partial charge in [-0.05, 0) is 36.4 Å². The highest BCUT2D eigenvalue weighted by Gasteiger charge is 2.28. The molecule has 354 valence electrons. The minimum absolute atomic E-state index is 0. The van der Waals surface area contributed by atoms with Gasteiger partial charge >= 0.3 is 12.2 Å². The number of aromatic nitrogens is 4. The molecular formula is C45H39ClF4N8O10. The van der Waals surface area contributed by atoms with E-state index in [-0.39, 0.29) is 55.2 Å². The number of halogens is 5. The zero-order valence-electron chi connectivity index (χ0n) is 35.2. The number of anilines is 2. The predicted molar refractivity (Wildman–Crippen MR) is 233 cm³/mol. The van der Waals surface area contributed by atoms with Gasteiger partial charge in [-0.2, -0.15) is 0 Å². The fourth-order valence-corrected chi connectivity index (χ4v) is 6.45. The molecule has 18 nitrogen and oxygen atoms in total. The number of nitrogens with one attached hydrogen (secondary N) is 3. The van der Waals surface area contributed by atoms with Crippen molar-refractivity contribution in [2.24, 2.45) is 5.73 Å². The van der Waals surface area contributed by atoms with E-state index in [1.807, 2.05) is 6.07 Å². The van der Waals surface area contributed by atoms with Crippen LogP contribution >= 0.6 is 12.4 Å². The highest BCUT2D eigenvalue weighted by Crippen LogP contribution is 2.36. The summed E-state index contributed by atoms with van der Waals surface area (Å²) in [7, 11) is 0. The van der Waals surface area contributed by atoms with Crippen molar-refractivity contribution in [2.45, 2.75) is 38.1 Å². The van der Waals surface area contributed by atoms with Gasteiger partial charge in [-0.3, -0.25) is 9.59 Å². The Kier molecular flexibility index (Phi) is 16.8. The zero-order chi connectivity index (χ0) is 47.3. The van der Waals surface area contributed by atoms with Crippen LogP contribution in [0, 0.1) is 23.3 Å². The molecule has 0 saturated heterocycles. The van der Waals surface area contributed by atoms with Crippen LogP contribution in [0.2, 0.25) is 0 Å². The molecule has 0 fully saturated rings. The van der Waals surface area contributed by atoms with Crippen LogP contribution in [0.4, 0.5) is 38.5 Å². The molecule has 2 atom stereocenters. The molecule has 3 amide bonds. The maximum absolute atomic E-state index is 13.4. The number of nitrogens with two attached hydrogens (primary N) is 1. The Balaban J connectivity index is 0.000000179. The van der Waals surface area contributed by atoms with E-state index in [0.29, 0.717) is 53.5 Å². The molecule has 2 aliphatic heterocycles. The molecule has 0 radical (unpaired) electrons. The molecule has 5 heterocycles. The van der Waals surface area contributed by atoms with Crippen LogP contribution in [0.5, 0.6) is 11.5 Å². The molecule has 0 spiro atoms. The molecule has 9 rings (SSSR count). The van der Waals surface area contributed by atoms with Crippen molar-refractivity contribution in [2.75, 3.05) is 23.8 Å². The average molecular weight is 963 g/mol. The van der Waals surface area contributed by atoms with Crippen LogP contribution in [0.3, 0.4) is 0 Å². The Bertz CT molecular complexity index is 2820. The molecule has 5 N–H and O–H groups in total.